The minimum atomic E-state index is -0.209. The van der Waals surface area contributed by atoms with Crippen molar-refractivity contribution in [3.05, 3.63) is 29.8 Å². The Kier molecular flexibility index (Phi) is 2.03. The molecule has 84 valence electrons. The second-order valence-electron chi connectivity index (χ2n) is 5.01. The summed E-state index contributed by atoms with van der Waals surface area (Å²) in [6, 6.07) is 4.72. The van der Waals surface area contributed by atoms with E-state index in [2.05, 4.69) is 16.9 Å². The molecule has 0 saturated heterocycles. The summed E-state index contributed by atoms with van der Waals surface area (Å²) in [6.07, 6.45) is 4.88. The molecular formula is C13H15FN2. The molecule has 0 unspecified atom stereocenters. The van der Waals surface area contributed by atoms with Crippen LogP contribution in [-0.2, 0) is 5.41 Å². The number of fused-ring (bicyclic) bond motifs is 1. The highest BCUT2D eigenvalue weighted by Crippen LogP contribution is 2.39. The number of nitrogens with one attached hydrogen (secondary N) is 1. The second kappa shape index (κ2) is 3.30. The third kappa shape index (κ3) is 1.42. The van der Waals surface area contributed by atoms with E-state index in [9.17, 15) is 4.39 Å². The van der Waals surface area contributed by atoms with Crippen LogP contribution in [0, 0.1) is 5.82 Å². The van der Waals surface area contributed by atoms with Crippen molar-refractivity contribution in [3.8, 4) is 0 Å². The Morgan fingerprint density at radius 2 is 2.06 bits per heavy atom. The van der Waals surface area contributed by atoms with E-state index in [1.54, 1.807) is 6.07 Å². The van der Waals surface area contributed by atoms with Crippen LogP contribution < -0.4 is 0 Å². The standard InChI is InChI=1S/C13H15FN2/c1-13(6-2-3-7-13)12-15-10-5-4-9(14)8-11(10)16-12/h4-5,8H,2-3,6-7H2,1H3,(H,15,16). The van der Waals surface area contributed by atoms with Gasteiger partial charge in [0.1, 0.15) is 11.6 Å². The van der Waals surface area contributed by atoms with Gasteiger partial charge in [-0.3, -0.25) is 0 Å². The fourth-order valence-electron chi connectivity index (χ4n) is 2.66. The molecule has 0 amide bonds. The summed E-state index contributed by atoms with van der Waals surface area (Å²) in [7, 11) is 0. The molecule has 0 bridgehead atoms. The molecule has 1 saturated carbocycles. The molecule has 1 heterocycles. The summed E-state index contributed by atoms with van der Waals surface area (Å²) in [5.74, 6) is 0.810. The maximum atomic E-state index is 13.1. The third-order valence-corrected chi connectivity index (χ3v) is 3.72. The number of hydrogen-bond donors (Lipinski definition) is 1. The zero-order chi connectivity index (χ0) is 11.2. The highest BCUT2D eigenvalue weighted by Gasteiger charge is 2.33. The number of imidazole rings is 1. The number of halogens is 1. The minimum Gasteiger partial charge on any atom is -0.341 e. The molecule has 3 rings (SSSR count). The number of aromatic amines is 1. The second-order valence-corrected chi connectivity index (χ2v) is 5.01. The maximum absolute atomic E-state index is 13.1. The molecule has 1 aromatic carbocycles. The van der Waals surface area contributed by atoms with Gasteiger partial charge in [-0.15, -0.1) is 0 Å². The van der Waals surface area contributed by atoms with Crippen LogP contribution in [0.4, 0.5) is 4.39 Å². The summed E-state index contributed by atoms with van der Waals surface area (Å²) >= 11 is 0. The van der Waals surface area contributed by atoms with Crippen molar-refractivity contribution in [3.63, 3.8) is 0 Å². The average Bonchev–Trinajstić information content (AvgIpc) is 2.84. The van der Waals surface area contributed by atoms with Crippen molar-refractivity contribution in [2.75, 3.05) is 0 Å². The van der Waals surface area contributed by atoms with Crippen molar-refractivity contribution >= 4 is 11.0 Å². The van der Waals surface area contributed by atoms with Gasteiger partial charge in [-0.1, -0.05) is 19.8 Å². The number of nitrogens with zero attached hydrogens (tertiary/aromatic N) is 1. The van der Waals surface area contributed by atoms with Crippen LogP contribution in [0.25, 0.3) is 11.0 Å². The summed E-state index contributed by atoms with van der Waals surface area (Å²) in [6.45, 7) is 2.24. The Hall–Kier alpha value is -1.38. The summed E-state index contributed by atoms with van der Waals surface area (Å²) in [5, 5.41) is 0. The Morgan fingerprint density at radius 3 is 2.81 bits per heavy atom. The van der Waals surface area contributed by atoms with Crippen molar-refractivity contribution in [1.29, 1.82) is 0 Å². The van der Waals surface area contributed by atoms with Gasteiger partial charge in [0.05, 0.1) is 11.0 Å². The lowest BCUT2D eigenvalue weighted by atomic mass is 9.88. The van der Waals surface area contributed by atoms with Crippen LogP contribution in [0.15, 0.2) is 18.2 Å². The number of H-pyrrole nitrogens is 1. The first-order valence-corrected chi connectivity index (χ1v) is 5.83. The van der Waals surface area contributed by atoms with Crippen LogP contribution in [-0.4, -0.2) is 9.97 Å². The molecule has 2 aromatic rings. The molecule has 3 heteroatoms. The first kappa shape index (κ1) is 9.82. The van der Waals surface area contributed by atoms with Crippen LogP contribution >= 0.6 is 0 Å². The van der Waals surface area contributed by atoms with Crippen LogP contribution in [0.2, 0.25) is 0 Å². The van der Waals surface area contributed by atoms with Crippen LogP contribution in [0.1, 0.15) is 38.4 Å². The Bertz CT molecular complexity index is 524. The monoisotopic (exact) mass is 218 g/mol. The van der Waals surface area contributed by atoms with Crippen molar-refractivity contribution in [2.45, 2.75) is 38.0 Å². The Labute approximate surface area is 93.9 Å². The lowest BCUT2D eigenvalue weighted by Gasteiger charge is -2.19. The van der Waals surface area contributed by atoms with Crippen molar-refractivity contribution in [2.24, 2.45) is 0 Å². The SMILES string of the molecule is CC1(c2nc3ccc(F)cc3[nH]2)CCCC1. The lowest BCUT2D eigenvalue weighted by Crippen LogP contribution is -2.18. The van der Waals surface area contributed by atoms with Gasteiger partial charge in [0.25, 0.3) is 0 Å². The predicted molar refractivity (Wildman–Crippen MR) is 61.9 cm³/mol. The fourth-order valence-corrected chi connectivity index (χ4v) is 2.66. The molecular weight excluding hydrogens is 203 g/mol. The van der Waals surface area contributed by atoms with Gasteiger partial charge < -0.3 is 4.98 Å². The fraction of sp³-hybridized carbons (Fsp3) is 0.462. The van der Waals surface area contributed by atoms with Gasteiger partial charge in [0, 0.05) is 5.41 Å². The molecule has 1 N–H and O–H groups in total. The Balaban J connectivity index is 2.11. The summed E-state index contributed by atoms with van der Waals surface area (Å²) in [4.78, 5) is 7.85. The Morgan fingerprint density at radius 1 is 1.31 bits per heavy atom. The molecule has 2 nitrogen and oxygen atoms in total. The lowest BCUT2D eigenvalue weighted by molar-refractivity contribution is 0.465. The summed E-state index contributed by atoms with van der Waals surface area (Å²) in [5.41, 5.74) is 1.84. The van der Waals surface area contributed by atoms with E-state index in [1.165, 1.54) is 37.8 Å². The van der Waals surface area contributed by atoms with Gasteiger partial charge in [-0.2, -0.15) is 0 Å². The average molecular weight is 218 g/mol. The van der Waals surface area contributed by atoms with Crippen LogP contribution in [0.3, 0.4) is 0 Å². The molecule has 0 spiro atoms. The van der Waals surface area contributed by atoms with E-state index >= 15 is 0 Å². The van der Waals surface area contributed by atoms with E-state index in [1.807, 2.05) is 0 Å². The van der Waals surface area contributed by atoms with Crippen LogP contribution in [0.5, 0.6) is 0 Å². The molecule has 0 atom stereocenters. The smallest absolute Gasteiger partial charge is 0.125 e. The van der Waals surface area contributed by atoms with Gasteiger partial charge in [0.2, 0.25) is 0 Å². The third-order valence-electron chi connectivity index (χ3n) is 3.72. The molecule has 0 aliphatic heterocycles. The molecule has 1 aliphatic carbocycles. The van der Waals surface area contributed by atoms with E-state index in [0.29, 0.717) is 0 Å². The zero-order valence-corrected chi connectivity index (χ0v) is 9.39. The highest BCUT2D eigenvalue weighted by molar-refractivity contribution is 5.75. The first-order valence-electron chi connectivity index (χ1n) is 5.83. The number of hydrogen-bond acceptors (Lipinski definition) is 1. The maximum Gasteiger partial charge on any atom is 0.125 e. The van der Waals surface area contributed by atoms with Gasteiger partial charge in [0.15, 0.2) is 0 Å². The van der Waals surface area contributed by atoms with Crippen molar-refractivity contribution in [1.82, 2.24) is 9.97 Å². The quantitative estimate of drug-likeness (QED) is 0.779. The van der Waals surface area contributed by atoms with E-state index in [4.69, 9.17) is 0 Å². The van der Waals surface area contributed by atoms with Gasteiger partial charge in [-0.05, 0) is 31.0 Å². The number of rotatable bonds is 1. The number of benzene rings is 1. The van der Waals surface area contributed by atoms with E-state index in [0.717, 1.165) is 16.9 Å². The highest BCUT2D eigenvalue weighted by atomic mass is 19.1. The van der Waals surface area contributed by atoms with Gasteiger partial charge >= 0.3 is 0 Å². The normalized spacial score (nSPS) is 19.4. The molecule has 1 fully saturated rings. The predicted octanol–water partition coefficient (Wildman–Crippen LogP) is 3.53. The summed E-state index contributed by atoms with van der Waals surface area (Å²) < 4.78 is 13.1. The first-order chi connectivity index (χ1) is 7.67. The largest absolute Gasteiger partial charge is 0.341 e. The molecule has 16 heavy (non-hydrogen) atoms. The molecule has 0 radical (unpaired) electrons. The minimum absolute atomic E-state index is 0.162. The molecule has 1 aromatic heterocycles. The van der Waals surface area contributed by atoms with E-state index in [-0.39, 0.29) is 11.2 Å². The van der Waals surface area contributed by atoms with E-state index < -0.39 is 0 Å². The molecule has 1 aliphatic rings. The zero-order valence-electron chi connectivity index (χ0n) is 9.39. The van der Waals surface area contributed by atoms with Crippen molar-refractivity contribution < 1.29 is 4.39 Å². The van der Waals surface area contributed by atoms with Gasteiger partial charge in [-0.25, -0.2) is 9.37 Å². The topological polar surface area (TPSA) is 28.7 Å². The number of aromatic nitrogens is 2.